The lowest BCUT2D eigenvalue weighted by molar-refractivity contribution is -0.142. The number of nitrogens with zero attached hydrogens (tertiary/aromatic N) is 2. The van der Waals surface area contributed by atoms with Gasteiger partial charge < -0.3 is 14.8 Å². The van der Waals surface area contributed by atoms with Crippen LogP contribution in [0.15, 0.2) is 24.3 Å². The van der Waals surface area contributed by atoms with Crippen LogP contribution in [0.4, 0.5) is 5.69 Å². The Balaban J connectivity index is 1.94. The highest BCUT2D eigenvalue weighted by molar-refractivity contribution is 5.97. The first kappa shape index (κ1) is 20.9. The van der Waals surface area contributed by atoms with Gasteiger partial charge in [0.15, 0.2) is 6.61 Å². The number of methoxy groups -OCH3 is 1. The van der Waals surface area contributed by atoms with E-state index in [2.05, 4.69) is 15.2 Å². The van der Waals surface area contributed by atoms with Crippen molar-refractivity contribution >= 4 is 29.6 Å². The molecule has 28 heavy (non-hydrogen) atoms. The van der Waals surface area contributed by atoms with E-state index in [-0.39, 0.29) is 0 Å². The summed E-state index contributed by atoms with van der Waals surface area (Å²) < 4.78 is 11.3. The highest BCUT2D eigenvalue weighted by Gasteiger charge is 2.12. The first-order valence-corrected chi connectivity index (χ1v) is 8.56. The Morgan fingerprint density at radius 3 is 2.54 bits per heavy atom. The lowest BCUT2D eigenvalue weighted by atomic mass is 10.1. The highest BCUT2D eigenvalue weighted by Crippen LogP contribution is 2.17. The molecular weight excluding hydrogens is 362 g/mol. The van der Waals surface area contributed by atoms with Gasteiger partial charge in [-0.1, -0.05) is 6.07 Å². The van der Waals surface area contributed by atoms with E-state index in [4.69, 9.17) is 4.74 Å². The molecule has 1 N–H and O–H groups in total. The average molecular weight is 385 g/mol. The molecule has 0 fully saturated rings. The fourth-order valence-electron chi connectivity index (χ4n) is 2.56. The smallest absolute Gasteiger partial charge is 0.337 e. The minimum Gasteiger partial charge on any atom is -0.465 e. The van der Waals surface area contributed by atoms with Gasteiger partial charge in [0.1, 0.15) is 0 Å². The number of esters is 2. The van der Waals surface area contributed by atoms with E-state index in [9.17, 15) is 14.4 Å². The van der Waals surface area contributed by atoms with Gasteiger partial charge in [-0.05, 0) is 44.5 Å². The Hall–Kier alpha value is -3.42. The zero-order valence-electron chi connectivity index (χ0n) is 16.5. The quantitative estimate of drug-likeness (QED) is 0.605. The van der Waals surface area contributed by atoms with Crippen molar-refractivity contribution in [3.8, 4) is 0 Å². The number of aromatic nitrogens is 2. The number of ether oxygens (including phenoxy) is 2. The molecule has 0 atom stereocenters. The first-order chi connectivity index (χ1) is 13.2. The number of rotatable bonds is 6. The fraction of sp³-hybridized carbons (Fsp3) is 0.300. The number of carbonyl (C=O) groups excluding carboxylic acids is 3. The largest absolute Gasteiger partial charge is 0.465 e. The van der Waals surface area contributed by atoms with Crippen molar-refractivity contribution in [2.45, 2.75) is 20.8 Å². The molecule has 148 valence electrons. The van der Waals surface area contributed by atoms with E-state index >= 15 is 0 Å². The predicted molar refractivity (Wildman–Crippen MR) is 104 cm³/mol. The van der Waals surface area contributed by atoms with Crippen LogP contribution in [0, 0.1) is 20.8 Å². The standard InChI is InChI=1S/C20H23N3O5/c1-12-6-7-15(20(26)27-5)10-17(12)21-18(24)11-28-19(25)9-8-16-13(2)22-23(4)14(16)3/h6-10H,11H2,1-5H3,(H,21,24)/b9-8+. The molecule has 8 heteroatoms. The van der Waals surface area contributed by atoms with Crippen LogP contribution in [-0.4, -0.2) is 41.3 Å². The molecule has 1 heterocycles. The molecule has 0 aliphatic carbocycles. The molecule has 0 spiro atoms. The van der Waals surface area contributed by atoms with Crippen molar-refractivity contribution in [1.82, 2.24) is 9.78 Å². The number of aryl methyl sites for hydroxylation is 3. The minimum absolute atomic E-state index is 0.311. The van der Waals surface area contributed by atoms with E-state index < -0.39 is 24.5 Å². The van der Waals surface area contributed by atoms with Crippen LogP contribution in [0.1, 0.15) is 32.9 Å². The number of benzene rings is 1. The molecule has 0 bridgehead atoms. The molecular formula is C20H23N3O5. The van der Waals surface area contributed by atoms with Crippen LogP contribution < -0.4 is 5.32 Å². The normalized spacial score (nSPS) is 10.8. The molecule has 1 aromatic carbocycles. The molecule has 2 rings (SSSR count). The summed E-state index contributed by atoms with van der Waals surface area (Å²) in [5, 5.41) is 6.88. The van der Waals surface area contributed by atoms with E-state index in [1.165, 1.54) is 19.3 Å². The van der Waals surface area contributed by atoms with Crippen molar-refractivity contribution < 1.29 is 23.9 Å². The Bertz CT molecular complexity index is 944. The second kappa shape index (κ2) is 8.98. The number of hydrogen-bond acceptors (Lipinski definition) is 6. The van der Waals surface area contributed by atoms with Crippen LogP contribution in [0.3, 0.4) is 0 Å². The molecule has 1 amide bonds. The maximum absolute atomic E-state index is 12.1. The van der Waals surface area contributed by atoms with E-state index in [1.807, 2.05) is 20.9 Å². The second-order valence-electron chi connectivity index (χ2n) is 6.22. The first-order valence-electron chi connectivity index (χ1n) is 8.56. The summed E-state index contributed by atoms with van der Waals surface area (Å²) in [5.41, 5.74) is 4.06. The van der Waals surface area contributed by atoms with Crippen LogP contribution in [0.2, 0.25) is 0 Å². The monoisotopic (exact) mass is 385 g/mol. The predicted octanol–water partition coefficient (Wildman–Crippen LogP) is 2.33. The van der Waals surface area contributed by atoms with Crippen LogP contribution in [0.25, 0.3) is 6.08 Å². The topological polar surface area (TPSA) is 99.5 Å². The Labute approximate surface area is 163 Å². The van der Waals surface area contributed by atoms with Crippen molar-refractivity contribution in [3.63, 3.8) is 0 Å². The van der Waals surface area contributed by atoms with Crippen molar-refractivity contribution in [2.75, 3.05) is 19.0 Å². The average Bonchev–Trinajstić information content (AvgIpc) is 2.91. The third-order valence-electron chi connectivity index (χ3n) is 4.23. The highest BCUT2D eigenvalue weighted by atomic mass is 16.5. The van der Waals surface area contributed by atoms with Crippen molar-refractivity contribution in [1.29, 1.82) is 0 Å². The summed E-state index contributed by atoms with van der Waals surface area (Å²) in [4.78, 5) is 35.5. The Kier molecular flexibility index (Phi) is 6.70. The molecule has 1 aromatic heterocycles. The summed E-state index contributed by atoms with van der Waals surface area (Å²) >= 11 is 0. The minimum atomic E-state index is -0.641. The number of anilines is 1. The van der Waals surface area contributed by atoms with Gasteiger partial charge in [-0.15, -0.1) is 0 Å². The third-order valence-corrected chi connectivity index (χ3v) is 4.23. The zero-order chi connectivity index (χ0) is 20.8. The summed E-state index contributed by atoms with van der Waals surface area (Å²) in [6, 6.07) is 4.80. The zero-order valence-corrected chi connectivity index (χ0v) is 16.5. The fourth-order valence-corrected chi connectivity index (χ4v) is 2.56. The van der Waals surface area contributed by atoms with E-state index in [0.29, 0.717) is 11.3 Å². The van der Waals surface area contributed by atoms with E-state index in [1.54, 1.807) is 29.8 Å². The maximum atomic E-state index is 12.1. The number of hydrogen-bond donors (Lipinski definition) is 1. The van der Waals surface area contributed by atoms with Gasteiger partial charge in [-0.2, -0.15) is 5.10 Å². The van der Waals surface area contributed by atoms with Crippen molar-refractivity contribution in [3.05, 3.63) is 52.4 Å². The summed E-state index contributed by atoms with van der Waals surface area (Å²) in [7, 11) is 3.10. The molecule has 2 aromatic rings. The van der Waals surface area contributed by atoms with Gasteiger partial charge in [-0.25, -0.2) is 9.59 Å². The van der Waals surface area contributed by atoms with Crippen LogP contribution in [0.5, 0.6) is 0 Å². The van der Waals surface area contributed by atoms with Gasteiger partial charge in [0, 0.05) is 30.1 Å². The Morgan fingerprint density at radius 2 is 1.93 bits per heavy atom. The molecule has 0 radical (unpaired) electrons. The lowest BCUT2D eigenvalue weighted by Gasteiger charge is -2.10. The third kappa shape index (κ3) is 5.06. The van der Waals surface area contributed by atoms with Gasteiger partial charge in [0.25, 0.3) is 5.91 Å². The van der Waals surface area contributed by atoms with Gasteiger partial charge in [0.2, 0.25) is 0 Å². The van der Waals surface area contributed by atoms with Crippen LogP contribution in [-0.2, 0) is 26.1 Å². The molecule has 8 nitrogen and oxygen atoms in total. The summed E-state index contributed by atoms with van der Waals surface area (Å²) in [5.74, 6) is -1.66. The number of nitrogens with one attached hydrogen (secondary N) is 1. The molecule has 0 unspecified atom stereocenters. The molecule has 0 saturated carbocycles. The molecule has 0 saturated heterocycles. The Morgan fingerprint density at radius 1 is 1.21 bits per heavy atom. The van der Waals surface area contributed by atoms with Gasteiger partial charge in [-0.3, -0.25) is 9.48 Å². The SMILES string of the molecule is COC(=O)c1ccc(C)c(NC(=O)COC(=O)/C=C/c2c(C)nn(C)c2C)c1. The lowest BCUT2D eigenvalue weighted by Crippen LogP contribution is -2.21. The molecule has 0 aliphatic heterocycles. The van der Waals surface area contributed by atoms with Crippen LogP contribution >= 0.6 is 0 Å². The van der Waals surface area contributed by atoms with Crippen molar-refractivity contribution in [2.24, 2.45) is 7.05 Å². The van der Waals surface area contributed by atoms with E-state index in [0.717, 1.165) is 22.5 Å². The van der Waals surface area contributed by atoms with Gasteiger partial charge in [0.05, 0.1) is 18.4 Å². The summed E-state index contributed by atoms with van der Waals surface area (Å²) in [6.45, 7) is 5.07. The maximum Gasteiger partial charge on any atom is 0.337 e. The summed E-state index contributed by atoms with van der Waals surface area (Å²) in [6.07, 6.45) is 2.87. The second-order valence-corrected chi connectivity index (χ2v) is 6.22. The number of amides is 1. The molecule has 0 aliphatic rings. The van der Waals surface area contributed by atoms with Gasteiger partial charge >= 0.3 is 11.9 Å². The number of carbonyl (C=O) groups is 3.